The fraction of sp³-hybridized carbons (Fsp3) is 0.333. The minimum Gasteiger partial charge on any atom is -0.497 e. The van der Waals surface area contributed by atoms with Gasteiger partial charge in [0.2, 0.25) is 0 Å². The third-order valence-corrected chi connectivity index (χ3v) is 5.30. The van der Waals surface area contributed by atoms with E-state index in [4.69, 9.17) is 14.6 Å². The van der Waals surface area contributed by atoms with Gasteiger partial charge in [-0.15, -0.1) is 24.0 Å². The molecule has 172 valence electrons. The van der Waals surface area contributed by atoms with Gasteiger partial charge in [0, 0.05) is 43.0 Å². The maximum Gasteiger partial charge on any atom is 0.191 e. The fourth-order valence-electron chi connectivity index (χ4n) is 3.47. The van der Waals surface area contributed by atoms with Crippen LogP contribution in [-0.2, 0) is 19.6 Å². The summed E-state index contributed by atoms with van der Waals surface area (Å²) in [4.78, 5) is 4.34. The van der Waals surface area contributed by atoms with E-state index in [2.05, 4.69) is 51.5 Å². The second-order valence-corrected chi connectivity index (χ2v) is 7.25. The van der Waals surface area contributed by atoms with Crippen molar-refractivity contribution in [1.29, 1.82) is 0 Å². The highest BCUT2D eigenvalue weighted by atomic mass is 127. The van der Waals surface area contributed by atoms with E-state index in [0.29, 0.717) is 19.0 Å². The van der Waals surface area contributed by atoms with E-state index in [1.807, 2.05) is 31.2 Å². The van der Waals surface area contributed by atoms with Gasteiger partial charge in [-0.1, -0.05) is 30.3 Å². The van der Waals surface area contributed by atoms with Crippen LogP contribution in [0.4, 0.5) is 0 Å². The number of rotatable bonds is 8. The minimum atomic E-state index is 0. The fourth-order valence-corrected chi connectivity index (χ4v) is 3.47. The predicted octanol–water partition coefficient (Wildman–Crippen LogP) is 4.05. The summed E-state index contributed by atoms with van der Waals surface area (Å²) in [5.41, 5.74) is 5.61. The van der Waals surface area contributed by atoms with Crippen LogP contribution < -0.4 is 20.1 Å². The lowest BCUT2D eigenvalue weighted by Crippen LogP contribution is -2.36. The van der Waals surface area contributed by atoms with Crippen molar-refractivity contribution < 1.29 is 9.47 Å². The number of aliphatic imine (C=N–C) groups is 1. The van der Waals surface area contributed by atoms with Crippen LogP contribution >= 0.6 is 24.0 Å². The van der Waals surface area contributed by atoms with Crippen LogP contribution in [0.25, 0.3) is 0 Å². The monoisotopic (exact) mass is 549 g/mol. The maximum atomic E-state index is 5.47. The van der Waals surface area contributed by atoms with E-state index in [0.717, 1.165) is 35.0 Å². The van der Waals surface area contributed by atoms with Gasteiger partial charge >= 0.3 is 0 Å². The SMILES string of the molecule is CN=C(NCc1ccc(OC)cc1OC)NCc1c(C)nn(Cc2ccccc2)c1C.I. The number of halogens is 1. The molecule has 0 aliphatic carbocycles. The third kappa shape index (κ3) is 6.38. The number of nitrogens with one attached hydrogen (secondary N) is 2. The first-order chi connectivity index (χ1) is 15.0. The van der Waals surface area contributed by atoms with Crippen molar-refractivity contribution in [3.63, 3.8) is 0 Å². The Balaban J connectivity index is 0.00000363. The molecule has 2 N–H and O–H groups in total. The Kier molecular flexibility index (Phi) is 9.83. The largest absolute Gasteiger partial charge is 0.497 e. The summed E-state index contributed by atoms with van der Waals surface area (Å²) in [6.45, 7) is 6.14. The van der Waals surface area contributed by atoms with Crippen LogP contribution in [0.15, 0.2) is 53.5 Å². The molecule has 0 aliphatic heterocycles. The topological polar surface area (TPSA) is 72.7 Å². The van der Waals surface area contributed by atoms with Gasteiger partial charge in [0.15, 0.2) is 5.96 Å². The van der Waals surface area contributed by atoms with Gasteiger partial charge in [0.1, 0.15) is 11.5 Å². The molecule has 3 aromatic rings. The predicted molar refractivity (Wildman–Crippen MR) is 139 cm³/mol. The first-order valence-electron chi connectivity index (χ1n) is 10.3. The zero-order valence-electron chi connectivity index (χ0n) is 19.3. The molecule has 8 heteroatoms. The zero-order valence-corrected chi connectivity index (χ0v) is 21.6. The molecule has 1 heterocycles. The summed E-state index contributed by atoms with van der Waals surface area (Å²) in [6, 6.07) is 16.2. The van der Waals surface area contributed by atoms with E-state index in [1.165, 1.54) is 11.1 Å². The molecule has 32 heavy (non-hydrogen) atoms. The molecule has 3 rings (SSSR count). The number of hydrogen-bond acceptors (Lipinski definition) is 4. The second kappa shape index (κ2) is 12.3. The van der Waals surface area contributed by atoms with E-state index < -0.39 is 0 Å². The number of hydrogen-bond donors (Lipinski definition) is 2. The summed E-state index contributed by atoms with van der Waals surface area (Å²) >= 11 is 0. The molecule has 0 bridgehead atoms. The van der Waals surface area contributed by atoms with Gasteiger partial charge in [-0.05, 0) is 31.5 Å². The van der Waals surface area contributed by atoms with Gasteiger partial charge < -0.3 is 20.1 Å². The Morgan fingerprint density at radius 2 is 1.72 bits per heavy atom. The summed E-state index contributed by atoms with van der Waals surface area (Å²) < 4.78 is 12.8. The van der Waals surface area contributed by atoms with E-state index in [9.17, 15) is 0 Å². The standard InChI is InChI=1S/C24H31N5O2.HI/c1-17-22(18(2)29(28-17)16-19-9-7-6-8-10-19)15-27-24(25-3)26-14-20-11-12-21(30-4)13-23(20)31-5;/h6-13H,14-16H2,1-5H3,(H2,25,26,27);1H. The molecule has 0 spiro atoms. The van der Waals surface area contributed by atoms with Crippen LogP contribution in [-0.4, -0.2) is 37.0 Å². The van der Waals surface area contributed by atoms with Crippen molar-refractivity contribution >= 4 is 29.9 Å². The molecule has 0 unspecified atom stereocenters. The van der Waals surface area contributed by atoms with Crippen LogP contribution in [0.3, 0.4) is 0 Å². The lowest BCUT2D eigenvalue weighted by atomic mass is 10.2. The summed E-state index contributed by atoms with van der Waals surface area (Å²) in [7, 11) is 5.06. The first kappa shape index (κ1) is 25.5. The summed E-state index contributed by atoms with van der Waals surface area (Å²) in [5, 5.41) is 11.5. The highest BCUT2D eigenvalue weighted by molar-refractivity contribution is 14.0. The van der Waals surface area contributed by atoms with Crippen molar-refractivity contribution in [2.75, 3.05) is 21.3 Å². The Labute approximate surface area is 207 Å². The molecule has 0 aliphatic rings. The quantitative estimate of drug-likeness (QED) is 0.252. The number of nitrogens with zero attached hydrogens (tertiary/aromatic N) is 3. The van der Waals surface area contributed by atoms with Crippen LogP contribution in [0.1, 0.15) is 28.1 Å². The molecule has 7 nitrogen and oxygen atoms in total. The highest BCUT2D eigenvalue weighted by Crippen LogP contribution is 2.24. The lowest BCUT2D eigenvalue weighted by molar-refractivity contribution is 0.390. The number of aryl methyl sites for hydroxylation is 1. The van der Waals surface area contributed by atoms with E-state index in [-0.39, 0.29) is 24.0 Å². The number of benzene rings is 2. The maximum absolute atomic E-state index is 5.47. The molecular weight excluding hydrogens is 517 g/mol. The van der Waals surface area contributed by atoms with Crippen molar-refractivity contribution in [2.24, 2.45) is 4.99 Å². The summed E-state index contributed by atoms with van der Waals surface area (Å²) in [6.07, 6.45) is 0. The van der Waals surface area contributed by atoms with E-state index >= 15 is 0 Å². The van der Waals surface area contributed by atoms with Gasteiger partial charge in [-0.2, -0.15) is 5.10 Å². The minimum absolute atomic E-state index is 0. The number of aromatic nitrogens is 2. The lowest BCUT2D eigenvalue weighted by Gasteiger charge is -2.15. The molecule has 0 atom stereocenters. The third-order valence-electron chi connectivity index (χ3n) is 5.30. The zero-order chi connectivity index (χ0) is 22.2. The van der Waals surface area contributed by atoms with Crippen molar-refractivity contribution in [1.82, 2.24) is 20.4 Å². The van der Waals surface area contributed by atoms with Crippen molar-refractivity contribution in [2.45, 2.75) is 33.5 Å². The first-order valence-corrected chi connectivity index (χ1v) is 10.3. The molecule has 2 aromatic carbocycles. The van der Waals surface area contributed by atoms with Gasteiger partial charge in [-0.25, -0.2) is 0 Å². The highest BCUT2D eigenvalue weighted by Gasteiger charge is 2.13. The van der Waals surface area contributed by atoms with Crippen LogP contribution in [0.2, 0.25) is 0 Å². The van der Waals surface area contributed by atoms with Gasteiger partial charge in [-0.3, -0.25) is 9.67 Å². The average Bonchev–Trinajstić information content (AvgIpc) is 3.06. The summed E-state index contributed by atoms with van der Waals surface area (Å²) in [5.74, 6) is 2.25. The molecule has 0 amide bonds. The second-order valence-electron chi connectivity index (χ2n) is 7.25. The number of ether oxygens (including phenoxy) is 2. The normalized spacial score (nSPS) is 11.0. The smallest absolute Gasteiger partial charge is 0.191 e. The Bertz CT molecular complexity index is 1030. The molecular formula is C24H32IN5O2. The molecule has 0 saturated heterocycles. The van der Waals surface area contributed by atoms with Crippen molar-refractivity contribution in [3.8, 4) is 11.5 Å². The number of methoxy groups -OCH3 is 2. The molecule has 0 fully saturated rings. The number of guanidine groups is 1. The molecule has 1 aromatic heterocycles. The van der Waals surface area contributed by atoms with Crippen LogP contribution in [0, 0.1) is 13.8 Å². The van der Waals surface area contributed by atoms with Crippen LogP contribution in [0.5, 0.6) is 11.5 Å². The van der Waals surface area contributed by atoms with Crippen molar-refractivity contribution in [3.05, 3.63) is 76.6 Å². The molecule has 0 saturated carbocycles. The van der Waals surface area contributed by atoms with E-state index in [1.54, 1.807) is 21.3 Å². The Morgan fingerprint density at radius 3 is 2.38 bits per heavy atom. The Morgan fingerprint density at radius 1 is 1.00 bits per heavy atom. The molecule has 0 radical (unpaired) electrons. The van der Waals surface area contributed by atoms with Gasteiger partial charge in [0.25, 0.3) is 0 Å². The Hall–Kier alpha value is -2.75. The van der Waals surface area contributed by atoms with Gasteiger partial charge in [0.05, 0.1) is 26.5 Å². The average molecular weight is 549 g/mol.